The number of hydrogen-bond donors (Lipinski definition) is 2. The van der Waals surface area contributed by atoms with E-state index < -0.39 is 11.0 Å². The van der Waals surface area contributed by atoms with Crippen LogP contribution in [0, 0.1) is 12.3 Å². The molecule has 6 nitrogen and oxygen atoms in total. The lowest BCUT2D eigenvalue weighted by atomic mass is 9.67. The summed E-state index contributed by atoms with van der Waals surface area (Å²) in [5.41, 5.74) is 0.0372. The number of aromatic nitrogens is 1. The Bertz CT molecular complexity index is 733. The van der Waals surface area contributed by atoms with E-state index >= 15 is 0 Å². The van der Waals surface area contributed by atoms with Crippen molar-refractivity contribution < 1.29 is 14.7 Å². The third-order valence-corrected chi connectivity index (χ3v) is 6.78. The average Bonchev–Trinajstić information content (AvgIpc) is 2.84. The molecule has 2 aliphatic rings. The second kappa shape index (κ2) is 7.23. The highest BCUT2D eigenvalue weighted by Crippen LogP contribution is 2.53. The number of aryl methyl sites for hydroxylation is 1. The topological polar surface area (TPSA) is 82.5 Å². The molecule has 0 aromatic carbocycles. The Kier molecular flexibility index (Phi) is 5.30. The standard InChI is InChI=1S/C21H31N3O3/c1-14-8-7-11-22-18(14)19(26)24-16(13-23-15(2)25)12-20(3)17(24)9-5-6-10-21(20,4)27/h7-8,11,16-17,27H,5-6,9-10,12-13H2,1-4H3,(H,23,25)/t16-,17-,20-,21+/m1/s1. The molecule has 27 heavy (non-hydrogen) atoms. The molecule has 2 heterocycles. The largest absolute Gasteiger partial charge is 0.390 e. The predicted molar refractivity (Wildman–Crippen MR) is 103 cm³/mol. The van der Waals surface area contributed by atoms with E-state index in [-0.39, 0.29) is 23.9 Å². The van der Waals surface area contributed by atoms with Crippen molar-refractivity contribution in [2.45, 2.75) is 77.5 Å². The lowest BCUT2D eigenvalue weighted by Crippen LogP contribution is -2.52. The first-order valence-electron chi connectivity index (χ1n) is 9.88. The van der Waals surface area contributed by atoms with Crippen molar-refractivity contribution in [3.63, 3.8) is 0 Å². The summed E-state index contributed by atoms with van der Waals surface area (Å²) in [5, 5.41) is 14.1. The van der Waals surface area contributed by atoms with Crippen LogP contribution in [-0.2, 0) is 4.79 Å². The minimum Gasteiger partial charge on any atom is -0.390 e. The maximum Gasteiger partial charge on any atom is 0.273 e. The zero-order chi connectivity index (χ0) is 19.8. The summed E-state index contributed by atoms with van der Waals surface area (Å²) in [6, 6.07) is 3.50. The van der Waals surface area contributed by atoms with Gasteiger partial charge in [-0.25, -0.2) is 0 Å². The monoisotopic (exact) mass is 373 g/mol. The van der Waals surface area contributed by atoms with Gasteiger partial charge in [0.1, 0.15) is 5.69 Å². The van der Waals surface area contributed by atoms with Crippen molar-refractivity contribution in [1.82, 2.24) is 15.2 Å². The van der Waals surface area contributed by atoms with Gasteiger partial charge in [0.2, 0.25) is 5.91 Å². The van der Waals surface area contributed by atoms with Crippen LogP contribution >= 0.6 is 0 Å². The van der Waals surface area contributed by atoms with Crippen LogP contribution in [0.1, 0.15) is 68.9 Å². The number of amides is 2. The molecule has 2 amide bonds. The van der Waals surface area contributed by atoms with E-state index in [2.05, 4.69) is 17.2 Å². The fourth-order valence-electron chi connectivity index (χ4n) is 4.99. The number of carbonyl (C=O) groups excluding carboxylic acids is 2. The number of rotatable bonds is 3. The molecule has 6 heteroatoms. The highest BCUT2D eigenvalue weighted by Gasteiger charge is 2.59. The van der Waals surface area contributed by atoms with Gasteiger partial charge in [-0.05, 0) is 44.7 Å². The third-order valence-electron chi connectivity index (χ3n) is 6.78. The second-order valence-corrected chi connectivity index (χ2v) is 8.63. The molecule has 1 aromatic rings. The molecule has 1 aliphatic heterocycles. The van der Waals surface area contributed by atoms with Gasteiger partial charge in [-0.3, -0.25) is 14.6 Å². The molecule has 1 aromatic heterocycles. The van der Waals surface area contributed by atoms with Crippen molar-refractivity contribution in [2.75, 3.05) is 6.54 Å². The summed E-state index contributed by atoms with van der Waals surface area (Å²) in [5.74, 6) is -0.213. The predicted octanol–water partition coefficient (Wildman–Crippen LogP) is 2.44. The first-order chi connectivity index (χ1) is 12.7. The number of carbonyl (C=O) groups is 2. The van der Waals surface area contributed by atoms with Gasteiger partial charge in [0.15, 0.2) is 0 Å². The normalized spacial score (nSPS) is 33.3. The van der Waals surface area contributed by atoms with E-state index in [9.17, 15) is 14.7 Å². The number of fused-ring (bicyclic) bond motifs is 1. The highest BCUT2D eigenvalue weighted by atomic mass is 16.3. The van der Waals surface area contributed by atoms with Gasteiger partial charge in [-0.15, -0.1) is 0 Å². The molecule has 1 saturated heterocycles. The summed E-state index contributed by atoms with van der Waals surface area (Å²) in [7, 11) is 0. The van der Waals surface area contributed by atoms with E-state index in [1.165, 1.54) is 6.92 Å². The molecule has 4 atom stereocenters. The van der Waals surface area contributed by atoms with Crippen molar-refractivity contribution in [3.05, 3.63) is 29.6 Å². The third kappa shape index (κ3) is 3.47. The molecule has 3 rings (SSSR count). The average molecular weight is 373 g/mol. The smallest absolute Gasteiger partial charge is 0.273 e. The van der Waals surface area contributed by atoms with Gasteiger partial charge in [0, 0.05) is 31.1 Å². The molecular formula is C21H31N3O3. The maximum absolute atomic E-state index is 13.5. The molecule has 2 N–H and O–H groups in total. The van der Waals surface area contributed by atoms with Crippen LogP contribution in [0.2, 0.25) is 0 Å². The van der Waals surface area contributed by atoms with Crippen LogP contribution in [-0.4, -0.2) is 51.0 Å². The van der Waals surface area contributed by atoms with Gasteiger partial charge in [-0.2, -0.15) is 0 Å². The number of aliphatic hydroxyl groups is 1. The lowest BCUT2D eigenvalue weighted by molar-refractivity contribution is -0.119. The Balaban J connectivity index is 2.01. The van der Waals surface area contributed by atoms with E-state index in [1.807, 2.05) is 30.9 Å². The Hall–Kier alpha value is -1.95. The summed E-state index contributed by atoms with van der Waals surface area (Å²) >= 11 is 0. The quantitative estimate of drug-likeness (QED) is 0.853. The SMILES string of the molecule is CC(=O)NC[C@H]1C[C@]2(C)[C@@H](CCCC[C@]2(C)O)N1C(=O)c1ncccc1C. The fourth-order valence-corrected chi connectivity index (χ4v) is 4.99. The van der Waals surface area contributed by atoms with Crippen LogP contribution < -0.4 is 5.32 Å². The molecule has 0 spiro atoms. The van der Waals surface area contributed by atoms with E-state index in [4.69, 9.17) is 0 Å². The molecule has 148 valence electrons. The van der Waals surface area contributed by atoms with Crippen molar-refractivity contribution in [1.29, 1.82) is 0 Å². The Morgan fingerprint density at radius 2 is 2.11 bits per heavy atom. The highest BCUT2D eigenvalue weighted by molar-refractivity contribution is 5.94. The van der Waals surface area contributed by atoms with Crippen molar-refractivity contribution in [2.24, 2.45) is 5.41 Å². The fraction of sp³-hybridized carbons (Fsp3) is 0.667. The van der Waals surface area contributed by atoms with Crippen LogP contribution in [0.3, 0.4) is 0 Å². The number of likely N-dealkylation sites (tertiary alicyclic amines) is 1. The van der Waals surface area contributed by atoms with Crippen molar-refractivity contribution in [3.8, 4) is 0 Å². The van der Waals surface area contributed by atoms with Gasteiger partial charge >= 0.3 is 0 Å². The number of pyridine rings is 1. The first-order valence-corrected chi connectivity index (χ1v) is 9.88. The maximum atomic E-state index is 13.5. The minimum atomic E-state index is -0.850. The molecule has 0 bridgehead atoms. The van der Waals surface area contributed by atoms with Crippen LogP contribution in [0.4, 0.5) is 0 Å². The molecule has 1 saturated carbocycles. The van der Waals surface area contributed by atoms with Gasteiger partial charge in [0.25, 0.3) is 5.91 Å². The Labute approximate surface area is 161 Å². The molecule has 0 radical (unpaired) electrons. The minimum absolute atomic E-state index is 0.0670. The summed E-state index contributed by atoms with van der Waals surface area (Å²) in [6.45, 7) is 7.78. The van der Waals surface area contributed by atoms with E-state index in [0.29, 0.717) is 18.7 Å². The Morgan fingerprint density at radius 3 is 2.78 bits per heavy atom. The van der Waals surface area contributed by atoms with Crippen LogP contribution in [0.25, 0.3) is 0 Å². The first kappa shape index (κ1) is 19.8. The molecule has 2 fully saturated rings. The zero-order valence-corrected chi connectivity index (χ0v) is 16.8. The summed E-state index contributed by atoms with van der Waals surface area (Å²) in [4.78, 5) is 31.3. The summed E-state index contributed by atoms with van der Waals surface area (Å²) < 4.78 is 0. The van der Waals surface area contributed by atoms with Gasteiger partial charge in [-0.1, -0.05) is 25.8 Å². The van der Waals surface area contributed by atoms with E-state index in [1.54, 1.807) is 6.20 Å². The number of hydrogen-bond acceptors (Lipinski definition) is 4. The van der Waals surface area contributed by atoms with Gasteiger partial charge < -0.3 is 15.3 Å². The van der Waals surface area contributed by atoms with Crippen LogP contribution in [0.15, 0.2) is 18.3 Å². The Morgan fingerprint density at radius 1 is 1.37 bits per heavy atom. The number of nitrogens with one attached hydrogen (secondary N) is 1. The second-order valence-electron chi connectivity index (χ2n) is 8.63. The molecule has 1 aliphatic carbocycles. The molecular weight excluding hydrogens is 342 g/mol. The van der Waals surface area contributed by atoms with Crippen LogP contribution in [0.5, 0.6) is 0 Å². The van der Waals surface area contributed by atoms with Gasteiger partial charge in [0.05, 0.1) is 11.6 Å². The van der Waals surface area contributed by atoms with Crippen molar-refractivity contribution >= 4 is 11.8 Å². The number of nitrogens with zero attached hydrogens (tertiary/aromatic N) is 2. The lowest BCUT2D eigenvalue weighted by Gasteiger charge is -2.43. The summed E-state index contributed by atoms with van der Waals surface area (Å²) in [6.07, 6.45) is 5.84. The molecule has 0 unspecified atom stereocenters. The zero-order valence-electron chi connectivity index (χ0n) is 16.8. The van der Waals surface area contributed by atoms with E-state index in [0.717, 1.165) is 31.2 Å².